The Kier molecular flexibility index (Phi) is 6.21. The van der Waals surface area contributed by atoms with E-state index in [-0.39, 0.29) is 11.8 Å². The van der Waals surface area contributed by atoms with Crippen LogP contribution in [0.4, 0.5) is 0 Å². The first-order chi connectivity index (χ1) is 13.4. The highest BCUT2D eigenvalue weighted by molar-refractivity contribution is 6.42. The summed E-state index contributed by atoms with van der Waals surface area (Å²) in [6, 6.07) is 11.6. The molecule has 0 fully saturated rings. The maximum atomic E-state index is 12.6. The molecule has 28 heavy (non-hydrogen) atoms. The SMILES string of the molecule is COc1ccc(-c2noc([C@H](NC(=O)c3ccc(Cl)c(Cl)c3)C(C)C)n2)cc1. The molecule has 1 N–H and O–H groups in total. The van der Waals surface area contributed by atoms with Gasteiger partial charge in [0.15, 0.2) is 0 Å². The molecule has 3 aromatic rings. The molecular weight excluding hydrogens is 401 g/mol. The van der Waals surface area contributed by atoms with Crippen molar-refractivity contribution in [3.05, 3.63) is 64.0 Å². The molecule has 146 valence electrons. The first-order valence-corrected chi connectivity index (χ1v) is 9.38. The maximum Gasteiger partial charge on any atom is 0.251 e. The molecule has 3 rings (SSSR count). The molecule has 0 aliphatic heterocycles. The number of nitrogens with one attached hydrogen (secondary N) is 1. The third kappa shape index (κ3) is 4.46. The fraction of sp³-hybridized carbons (Fsp3) is 0.250. The van der Waals surface area contributed by atoms with Gasteiger partial charge in [-0.05, 0) is 48.4 Å². The molecule has 1 amide bonds. The number of carbonyl (C=O) groups excluding carboxylic acids is 1. The topological polar surface area (TPSA) is 77.3 Å². The lowest BCUT2D eigenvalue weighted by atomic mass is 10.0. The van der Waals surface area contributed by atoms with Crippen molar-refractivity contribution in [2.24, 2.45) is 5.92 Å². The van der Waals surface area contributed by atoms with Gasteiger partial charge in [0.05, 0.1) is 17.2 Å². The number of methoxy groups -OCH3 is 1. The van der Waals surface area contributed by atoms with E-state index < -0.39 is 6.04 Å². The number of halogens is 2. The Hall–Kier alpha value is -2.57. The average molecular weight is 420 g/mol. The standard InChI is InChI=1S/C20H19Cl2N3O3/c1-11(2)17(23-19(26)13-6-9-15(21)16(22)10-13)20-24-18(25-28-20)12-4-7-14(27-3)8-5-12/h4-11,17H,1-3H3,(H,23,26)/t17-/m1/s1. The Bertz CT molecular complexity index is 971. The zero-order chi connectivity index (χ0) is 20.3. The van der Waals surface area contributed by atoms with E-state index in [1.807, 2.05) is 38.1 Å². The van der Waals surface area contributed by atoms with Crippen LogP contribution in [0, 0.1) is 5.92 Å². The molecule has 0 saturated heterocycles. The van der Waals surface area contributed by atoms with Crippen molar-refractivity contribution in [2.45, 2.75) is 19.9 Å². The molecule has 1 aromatic heterocycles. The van der Waals surface area contributed by atoms with Gasteiger partial charge in [0, 0.05) is 11.1 Å². The molecule has 0 bridgehead atoms. The van der Waals surface area contributed by atoms with Crippen LogP contribution in [-0.2, 0) is 0 Å². The van der Waals surface area contributed by atoms with Crippen molar-refractivity contribution in [3.8, 4) is 17.1 Å². The van der Waals surface area contributed by atoms with Crippen LogP contribution >= 0.6 is 23.2 Å². The minimum atomic E-state index is -0.457. The summed E-state index contributed by atoms with van der Waals surface area (Å²) in [6.45, 7) is 3.91. The van der Waals surface area contributed by atoms with Gasteiger partial charge in [-0.3, -0.25) is 4.79 Å². The van der Waals surface area contributed by atoms with E-state index in [1.54, 1.807) is 19.2 Å². The Morgan fingerprint density at radius 3 is 2.43 bits per heavy atom. The van der Waals surface area contributed by atoms with Crippen molar-refractivity contribution in [3.63, 3.8) is 0 Å². The predicted octanol–water partition coefficient (Wildman–Crippen LogP) is 5.18. The summed E-state index contributed by atoms with van der Waals surface area (Å²) >= 11 is 11.9. The molecular formula is C20H19Cl2N3O3. The molecule has 0 aliphatic rings. The van der Waals surface area contributed by atoms with Gasteiger partial charge >= 0.3 is 0 Å². The van der Waals surface area contributed by atoms with Gasteiger partial charge in [-0.2, -0.15) is 4.98 Å². The molecule has 2 aromatic carbocycles. The van der Waals surface area contributed by atoms with Crippen molar-refractivity contribution >= 4 is 29.1 Å². The second-order valence-electron chi connectivity index (χ2n) is 6.51. The predicted molar refractivity (Wildman–Crippen MR) is 108 cm³/mol. The summed E-state index contributed by atoms with van der Waals surface area (Å²) in [5.41, 5.74) is 1.18. The number of nitrogens with zero attached hydrogens (tertiary/aromatic N) is 2. The molecule has 0 unspecified atom stereocenters. The molecule has 1 atom stereocenters. The Morgan fingerprint density at radius 1 is 1.11 bits per heavy atom. The first-order valence-electron chi connectivity index (χ1n) is 8.63. The van der Waals surface area contributed by atoms with Gasteiger partial charge in [-0.25, -0.2) is 0 Å². The van der Waals surface area contributed by atoms with Crippen LogP contribution in [0.25, 0.3) is 11.4 Å². The Balaban J connectivity index is 1.81. The molecule has 0 radical (unpaired) electrons. The fourth-order valence-electron chi connectivity index (χ4n) is 2.59. The van der Waals surface area contributed by atoms with Crippen molar-refractivity contribution in [2.75, 3.05) is 7.11 Å². The number of hydrogen-bond donors (Lipinski definition) is 1. The summed E-state index contributed by atoms with van der Waals surface area (Å²) in [7, 11) is 1.60. The second kappa shape index (κ2) is 8.63. The van der Waals surface area contributed by atoms with E-state index in [9.17, 15) is 4.79 Å². The highest BCUT2D eigenvalue weighted by Crippen LogP contribution is 2.26. The van der Waals surface area contributed by atoms with E-state index in [1.165, 1.54) is 6.07 Å². The van der Waals surface area contributed by atoms with Crippen LogP contribution in [0.5, 0.6) is 5.75 Å². The number of benzene rings is 2. The summed E-state index contributed by atoms with van der Waals surface area (Å²) in [6.07, 6.45) is 0. The quantitative estimate of drug-likeness (QED) is 0.595. The fourth-order valence-corrected chi connectivity index (χ4v) is 2.89. The van der Waals surface area contributed by atoms with Gasteiger partial charge in [-0.1, -0.05) is 42.2 Å². The van der Waals surface area contributed by atoms with Crippen molar-refractivity contribution < 1.29 is 14.1 Å². The number of amides is 1. The number of aromatic nitrogens is 2. The first kappa shape index (κ1) is 20.2. The third-order valence-corrected chi connectivity index (χ3v) is 4.93. The van der Waals surface area contributed by atoms with Crippen LogP contribution in [0.15, 0.2) is 47.0 Å². The minimum absolute atomic E-state index is 0.0240. The summed E-state index contributed by atoms with van der Waals surface area (Å²) in [5.74, 6) is 1.22. The molecule has 0 aliphatic carbocycles. The van der Waals surface area contributed by atoms with Gasteiger partial charge in [0.25, 0.3) is 5.91 Å². The molecule has 0 saturated carbocycles. The normalized spacial score (nSPS) is 12.1. The van der Waals surface area contributed by atoms with Crippen LogP contribution in [-0.4, -0.2) is 23.2 Å². The van der Waals surface area contributed by atoms with Crippen LogP contribution < -0.4 is 10.1 Å². The largest absolute Gasteiger partial charge is 0.497 e. The molecule has 0 spiro atoms. The highest BCUT2D eigenvalue weighted by atomic mass is 35.5. The zero-order valence-electron chi connectivity index (χ0n) is 15.6. The molecule has 8 heteroatoms. The van der Waals surface area contributed by atoms with Crippen LogP contribution in [0.1, 0.15) is 36.1 Å². The Morgan fingerprint density at radius 2 is 1.82 bits per heavy atom. The van der Waals surface area contributed by atoms with Gasteiger partial charge < -0.3 is 14.6 Å². The lowest BCUT2D eigenvalue weighted by Crippen LogP contribution is -2.32. The monoisotopic (exact) mass is 419 g/mol. The van der Waals surface area contributed by atoms with E-state index in [4.69, 9.17) is 32.5 Å². The van der Waals surface area contributed by atoms with E-state index in [0.29, 0.717) is 27.3 Å². The zero-order valence-corrected chi connectivity index (χ0v) is 17.1. The lowest BCUT2D eigenvalue weighted by molar-refractivity contribution is 0.0914. The van der Waals surface area contributed by atoms with Gasteiger partial charge in [0.1, 0.15) is 11.8 Å². The smallest absolute Gasteiger partial charge is 0.251 e. The highest BCUT2D eigenvalue weighted by Gasteiger charge is 2.25. The van der Waals surface area contributed by atoms with Crippen LogP contribution in [0.2, 0.25) is 10.0 Å². The van der Waals surface area contributed by atoms with Gasteiger partial charge in [-0.15, -0.1) is 0 Å². The third-order valence-electron chi connectivity index (χ3n) is 4.19. The summed E-state index contributed by atoms with van der Waals surface area (Å²) < 4.78 is 10.6. The number of rotatable bonds is 6. The summed E-state index contributed by atoms with van der Waals surface area (Å²) in [4.78, 5) is 17.1. The van der Waals surface area contributed by atoms with E-state index in [2.05, 4.69) is 15.5 Å². The minimum Gasteiger partial charge on any atom is -0.497 e. The van der Waals surface area contributed by atoms with Gasteiger partial charge in [0.2, 0.25) is 11.7 Å². The number of carbonyl (C=O) groups is 1. The Labute approximate surface area is 172 Å². The van der Waals surface area contributed by atoms with Crippen molar-refractivity contribution in [1.82, 2.24) is 15.5 Å². The average Bonchev–Trinajstić information content (AvgIpc) is 3.17. The maximum absolute atomic E-state index is 12.6. The number of hydrogen-bond acceptors (Lipinski definition) is 5. The van der Waals surface area contributed by atoms with E-state index in [0.717, 1.165) is 11.3 Å². The van der Waals surface area contributed by atoms with E-state index >= 15 is 0 Å². The lowest BCUT2D eigenvalue weighted by Gasteiger charge is -2.18. The summed E-state index contributed by atoms with van der Waals surface area (Å²) in [5, 5.41) is 7.66. The molecule has 6 nitrogen and oxygen atoms in total. The molecule has 1 heterocycles. The second-order valence-corrected chi connectivity index (χ2v) is 7.32. The van der Waals surface area contributed by atoms with Crippen LogP contribution in [0.3, 0.4) is 0 Å². The number of ether oxygens (including phenoxy) is 1. The van der Waals surface area contributed by atoms with Crippen molar-refractivity contribution in [1.29, 1.82) is 0 Å².